The molecule has 0 unspecified atom stereocenters. The van der Waals surface area contributed by atoms with E-state index in [2.05, 4.69) is 4.99 Å². The molecule has 0 amide bonds. The van der Waals surface area contributed by atoms with Crippen molar-refractivity contribution < 1.29 is 8.78 Å². The van der Waals surface area contributed by atoms with E-state index in [9.17, 15) is 8.78 Å². The Morgan fingerprint density at radius 1 is 1.29 bits per heavy atom. The van der Waals surface area contributed by atoms with E-state index >= 15 is 0 Å². The lowest BCUT2D eigenvalue weighted by atomic mass is 10.1. The quantitative estimate of drug-likeness (QED) is 0.642. The number of halogens is 2. The van der Waals surface area contributed by atoms with Gasteiger partial charge in [0, 0.05) is 19.6 Å². The highest BCUT2D eigenvalue weighted by molar-refractivity contribution is 5.78. The largest absolute Gasteiger partial charge is 0.370 e. The summed E-state index contributed by atoms with van der Waals surface area (Å²) in [5.74, 6) is -1.10. The van der Waals surface area contributed by atoms with E-state index in [1.807, 2.05) is 4.90 Å². The van der Waals surface area contributed by atoms with E-state index < -0.39 is 11.6 Å². The second kappa shape index (κ2) is 5.12. The summed E-state index contributed by atoms with van der Waals surface area (Å²) in [6, 6.07) is 3.89. The van der Waals surface area contributed by atoms with E-state index in [0.717, 1.165) is 31.1 Å². The van der Waals surface area contributed by atoms with E-state index in [0.29, 0.717) is 18.9 Å². The molecule has 1 aliphatic rings. The number of likely N-dealkylation sites (tertiary alicyclic amines) is 1. The molecular formula is C12H15F2N3. The Morgan fingerprint density at radius 2 is 2.06 bits per heavy atom. The fourth-order valence-electron chi connectivity index (χ4n) is 1.64. The van der Waals surface area contributed by atoms with Gasteiger partial charge in [-0.15, -0.1) is 0 Å². The van der Waals surface area contributed by atoms with Gasteiger partial charge >= 0.3 is 0 Å². The molecule has 17 heavy (non-hydrogen) atoms. The number of hydrogen-bond donors (Lipinski definition) is 1. The second-order valence-electron chi connectivity index (χ2n) is 4.08. The molecule has 0 radical (unpaired) electrons. The highest BCUT2D eigenvalue weighted by Crippen LogP contribution is 2.09. The molecule has 3 nitrogen and oxygen atoms in total. The fraction of sp³-hybridized carbons (Fsp3) is 0.417. The Morgan fingerprint density at radius 3 is 2.65 bits per heavy atom. The average molecular weight is 239 g/mol. The van der Waals surface area contributed by atoms with Crippen molar-refractivity contribution in [2.75, 3.05) is 19.6 Å². The molecule has 1 saturated heterocycles. The van der Waals surface area contributed by atoms with Crippen molar-refractivity contribution in [3.63, 3.8) is 0 Å². The van der Waals surface area contributed by atoms with Crippen LogP contribution in [0.4, 0.5) is 8.78 Å². The van der Waals surface area contributed by atoms with Crippen molar-refractivity contribution in [3.8, 4) is 0 Å². The third-order valence-corrected chi connectivity index (χ3v) is 2.84. The summed E-state index contributed by atoms with van der Waals surface area (Å²) in [4.78, 5) is 6.19. The van der Waals surface area contributed by atoms with Crippen molar-refractivity contribution >= 4 is 5.96 Å². The van der Waals surface area contributed by atoms with Crippen molar-refractivity contribution in [3.05, 3.63) is 35.4 Å². The molecule has 5 heteroatoms. The molecule has 1 aromatic carbocycles. The number of nitrogens with zero attached hydrogens (tertiary/aromatic N) is 2. The minimum atomic E-state index is -0.822. The van der Waals surface area contributed by atoms with Crippen molar-refractivity contribution in [1.29, 1.82) is 0 Å². The number of aliphatic imine (C=N–C) groups is 1. The summed E-state index contributed by atoms with van der Waals surface area (Å²) in [6.07, 6.45) is 1.71. The monoisotopic (exact) mass is 239 g/mol. The first-order chi connectivity index (χ1) is 8.16. The molecule has 1 fully saturated rings. The zero-order valence-corrected chi connectivity index (χ0v) is 9.50. The lowest BCUT2D eigenvalue weighted by molar-refractivity contribution is 0.296. The zero-order chi connectivity index (χ0) is 12.3. The number of nitrogens with two attached hydrogens (primary N) is 1. The predicted octanol–water partition coefficient (Wildman–Crippen LogP) is 1.53. The van der Waals surface area contributed by atoms with Gasteiger partial charge < -0.3 is 10.6 Å². The van der Waals surface area contributed by atoms with Crippen LogP contribution in [0.2, 0.25) is 0 Å². The molecule has 2 rings (SSSR count). The van der Waals surface area contributed by atoms with Gasteiger partial charge in [-0.3, -0.25) is 4.99 Å². The summed E-state index contributed by atoms with van der Waals surface area (Å²) in [5, 5.41) is 0. The maximum absolute atomic E-state index is 12.9. The van der Waals surface area contributed by atoms with Gasteiger partial charge in [-0.25, -0.2) is 8.78 Å². The van der Waals surface area contributed by atoms with Gasteiger partial charge in [0.15, 0.2) is 17.6 Å². The Bertz CT molecular complexity index is 428. The molecule has 92 valence electrons. The van der Waals surface area contributed by atoms with E-state index in [1.165, 1.54) is 6.07 Å². The second-order valence-corrected chi connectivity index (χ2v) is 4.08. The maximum atomic E-state index is 12.9. The van der Waals surface area contributed by atoms with Crippen molar-refractivity contribution in [2.24, 2.45) is 10.7 Å². The van der Waals surface area contributed by atoms with Gasteiger partial charge in [0.05, 0.1) is 0 Å². The van der Waals surface area contributed by atoms with E-state index in [4.69, 9.17) is 5.73 Å². The van der Waals surface area contributed by atoms with E-state index in [-0.39, 0.29) is 0 Å². The van der Waals surface area contributed by atoms with Crippen LogP contribution in [-0.2, 0) is 6.42 Å². The first kappa shape index (κ1) is 11.8. The van der Waals surface area contributed by atoms with Crippen molar-refractivity contribution in [1.82, 2.24) is 4.90 Å². The summed E-state index contributed by atoms with van der Waals surface area (Å²) < 4.78 is 25.6. The van der Waals surface area contributed by atoms with Crippen LogP contribution in [0.3, 0.4) is 0 Å². The van der Waals surface area contributed by atoms with Crippen LogP contribution >= 0.6 is 0 Å². The highest BCUT2D eigenvalue weighted by atomic mass is 19.2. The lowest BCUT2D eigenvalue weighted by Crippen LogP contribution is -2.46. The predicted molar refractivity (Wildman–Crippen MR) is 62.7 cm³/mol. The van der Waals surface area contributed by atoms with Crippen LogP contribution in [0, 0.1) is 11.6 Å². The third-order valence-electron chi connectivity index (χ3n) is 2.84. The van der Waals surface area contributed by atoms with Crippen LogP contribution in [0.5, 0.6) is 0 Å². The number of rotatable bonds is 3. The van der Waals surface area contributed by atoms with Gasteiger partial charge in [0.2, 0.25) is 0 Å². The first-order valence-corrected chi connectivity index (χ1v) is 5.65. The molecule has 0 saturated carbocycles. The Labute approximate surface area is 98.9 Å². The van der Waals surface area contributed by atoms with Crippen LogP contribution in [-0.4, -0.2) is 30.5 Å². The van der Waals surface area contributed by atoms with Gasteiger partial charge in [-0.1, -0.05) is 6.07 Å². The minimum Gasteiger partial charge on any atom is -0.370 e. The minimum absolute atomic E-state index is 0.493. The summed E-state index contributed by atoms with van der Waals surface area (Å²) in [6.45, 7) is 2.41. The smallest absolute Gasteiger partial charge is 0.191 e. The average Bonchev–Trinajstić information content (AvgIpc) is 2.21. The molecule has 2 N–H and O–H groups in total. The van der Waals surface area contributed by atoms with Crippen molar-refractivity contribution in [2.45, 2.75) is 12.8 Å². The van der Waals surface area contributed by atoms with Gasteiger partial charge in [0.25, 0.3) is 0 Å². The highest BCUT2D eigenvalue weighted by Gasteiger charge is 2.15. The topological polar surface area (TPSA) is 41.6 Å². The Kier molecular flexibility index (Phi) is 3.56. The van der Waals surface area contributed by atoms with Crippen LogP contribution in [0.15, 0.2) is 23.2 Å². The summed E-state index contributed by atoms with van der Waals surface area (Å²) in [5.41, 5.74) is 6.46. The van der Waals surface area contributed by atoms with Crippen LogP contribution < -0.4 is 5.73 Å². The normalized spacial score (nSPS) is 15.9. The standard InChI is InChI=1S/C12H15F2N3/c13-10-3-2-9(8-11(10)14)4-5-16-12(15)17-6-1-7-17/h2-3,8H,1,4-7H2,(H2,15,16). The van der Waals surface area contributed by atoms with Gasteiger partial charge in [0.1, 0.15) is 0 Å². The molecule has 1 aromatic rings. The summed E-state index contributed by atoms with van der Waals surface area (Å²) in [7, 11) is 0. The number of guanidine groups is 1. The van der Waals surface area contributed by atoms with Gasteiger partial charge in [-0.05, 0) is 30.5 Å². The molecule has 0 bridgehead atoms. The molecule has 0 aromatic heterocycles. The Hall–Kier alpha value is -1.65. The lowest BCUT2D eigenvalue weighted by Gasteiger charge is -2.31. The first-order valence-electron chi connectivity index (χ1n) is 5.65. The van der Waals surface area contributed by atoms with E-state index in [1.54, 1.807) is 6.07 Å². The molecule has 1 aliphatic heterocycles. The maximum Gasteiger partial charge on any atom is 0.191 e. The third kappa shape index (κ3) is 2.93. The number of hydrogen-bond acceptors (Lipinski definition) is 1. The van der Waals surface area contributed by atoms with Crippen LogP contribution in [0.1, 0.15) is 12.0 Å². The molecule has 1 heterocycles. The molecular weight excluding hydrogens is 224 g/mol. The number of benzene rings is 1. The molecule has 0 aliphatic carbocycles. The van der Waals surface area contributed by atoms with Crippen LogP contribution in [0.25, 0.3) is 0 Å². The zero-order valence-electron chi connectivity index (χ0n) is 9.50. The molecule has 0 atom stereocenters. The fourth-order valence-corrected chi connectivity index (χ4v) is 1.64. The SMILES string of the molecule is NC(=NCCc1ccc(F)c(F)c1)N1CCC1. The molecule has 0 spiro atoms. The summed E-state index contributed by atoms with van der Waals surface area (Å²) >= 11 is 0. The Balaban J connectivity index is 1.86. The van der Waals surface area contributed by atoms with Gasteiger partial charge in [-0.2, -0.15) is 0 Å².